The second-order valence-corrected chi connectivity index (χ2v) is 13.4. The van der Waals surface area contributed by atoms with Gasteiger partial charge in [-0.05, 0) is 77.0 Å². The summed E-state index contributed by atoms with van der Waals surface area (Å²) < 4.78 is 9.29. The molecule has 4 aromatic rings. The molecule has 0 unspecified atom stereocenters. The smallest absolute Gasteiger partial charge is 0.410 e. The zero-order valence-electron chi connectivity index (χ0n) is 26.2. The Bertz CT molecular complexity index is 1570. The highest BCUT2D eigenvalue weighted by atomic mass is 16.6. The number of aromatic nitrogens is 5. The maximum Gasteiger partial charge on any atom is 0.410 e. The van der Waals surface area contributed by atoms with E-state index < -0.39 is 5.60 Å². The SMILES string of the molecule is Cc1ccc(C2(CO)CCN(c3cccn4nc(Nc5cnn(CC6CCN(C(=O)OC(C)(C)C)CC6)c5)nc34)CC2)cc1. The summed E-state index contributed by atoms with van der Waals surface area (Å²) in [5.74, 6) is 0.960. The van der Waals surface area contributed by atoms with Crippen molar-refractivity contribution in [3.63, 3.8) is 0 Å². The van der Waals surface area contributed by atoms with E-state index in [1.165, 1.54) is 11.1 Å². The summed E-state index contributed by atoms with van der Waals surface area (Å²) in [5, 5.41) is 23.0. The standard InChI is InChI=1S/C33H44N8O3/c1-24-7-9-26(10-8-24)33(23-42)13-18-38(19-14-33)28-6-5-15-41-29(28)36-30(37-41)35-27-20-34-40(22-27)21-25-11-16-39(17-12-25)31(43)44-32(2,3)4/h5-10,15,20,22,25,42H,11-14,16-19,21,23H2,1-4H3,(H,35,37). The van der Waals surface area contributed by atoms with Gasteiger partial charge in [0.2, 0.25) is 5.95 Å². The third-order valence-electron chi connectivity index (χ3n) is 8.97. The Balaban J connectivity index is 1.07. The lowest BCUT2D eigenvalue weighted by atomic mass is 9.73. The lowest BCUT2D eigenvalue weighted by molar-refractivity contribution is 0.0177. The molecule has 2 saturated heterocycles. The van der Waals surface area contributed by atoms with Crippen LogP contribution in [-0.2, 0) is 16.7 Å². The number of aliphatic hydroxyl groups excluding tert-OH is 1. The van der Waals surface area contributed by atoms with Gasteiger partial charge < -0.3 is 25.0 Å². The van der Waals surface area contributed by atoms with Gasteiger partial charge in [-0.2, -0.15) is 10.1 Å². The summed E-state index contributed by atoms with van der Waals surface area (Å²) >= 11 is 0. The zero-order valence-corrected chi connectivity index (χ0v) is 26.2. The lowest BCUT2D eigenvalue weighted by Crippen LogP contribution is -2.45. The van der Waals surface area contributed by atoms with Crippen molar-refractivity contribution >= 4 is 29.1 Å². The van der Waals surface area contributed by atoms with Crippen LogP contribution >= 0.6 is 0 Å². The normalized spacial score (nSPS) is 17.7. The summed E-state index contributed by atoms with van der Waals surface area (Å²) in [7, 11) is 0. The third kappa shape index (κ3) is 6.52. The van der Waals surface area contributed by atoms with Crippen LogP contribution in [0.2, 0.25) is 0 Å². The highest BCUT2D eigenvalue weighted by Crippen LogP contribution is 2.37. The van der Waals surface area contributed by atoms with Crippen molar-refractivity contribution in [3.05, 3.63) is 66.1 Å². The number of fused-ring (bicyclic) bond motifs is 1. The summed E-state index contributed by atoms with van der Waals surface area (Å²) in [6.07, 6.45) is 9.03. The van der Waals surface area contributed by atoms with E-state index in [1.807, 2.05) is 48.4 Å². The molecule has 234 valence electrons. The van der Waals surface area contributed by atoms with Crippen LogP contribution in [0.25, 0.3) is 5.65 Å². The molecular formula is C33H44N8O3. The minimum absolute atomic E-state index is 0.145. The molecule has 3 aromatic heterocycles. The number of amides is 1. The van der Waals surface area contributed by atoms with Crippen LogP contribution in [-0.4, -0.2) is 78.9 Å². The highest BCUT2D eigenvalue weighted by Gasteiger charge is 2.36. The van der Waals surface area contributed by atoms with Crippen molar-refractivity contribution < 1.29 is 14.6 Å². The average Bonchev–Trinajstić information content (AvgIpc) is 3.63. The van der Waals surface area contributed by atoms with Crippen LogP contribution in [0.5, 0.6) is 0 Å². The first-order valence-corrected chi connectivity index (χ1v) is 15.7. The molecule has 2 N–H and O–H groups in total. The van der Waals surface area contributed by atoms with E-state index in [-0.39, 0.29) is 18.1 Å². The molecular weight excluding hydrogens is 556 g/mol. The maximum atomic E-state index is 12.4. The van der Waals surface area contributed by atoms with Gasteiger partial charge in [-0.1, -0.05) is 29.8 Å². The van der Waals surface area contributed by atoms with E-state index in [2.05, 4.69) is 57.7 Å². The number of likely N-dealkylation sites (tertiary alicyclic amines) is 1. The van der Waals surface area contributed by atoms with E-state index in [0.717, 1.165) is 62.3 Å². The van der Waals surface area contributed by atoms with E-state index in [1.54, 1.807) is 11.1 Å². The van der Waals surface area contributed by atoms with Crippen LogP contribution in [0.4, 0.5) is 22.1 Å². The first-order chi connectivity index (χ1) is 21.1. The van der Waals surface area contributed by atoms with Gasteiger partial charge in [-0.15, -0.1) is 5.10 Å². The quantitative estimate of drug-likeness (QED) is 0.299. The molecule has 0 spiro atoms. The van der Waals surface area contributed by atoms with Crippen LogP contribution < -0.4 is 10.2 Å². The molecule has 1 aromatic carbocycles. The number of anilines is 3. The fourth-order valence-electron chi connectivity index (χ4n) is 6.36. The second kappa shape index (κ2) is 12.1. The number of ether oxygens (including phenoxy) is 1. The molecule has 6 rings (SSSR count). The monoisotopic (exact) mass is 600 g/mol. The molecule has 0 atom stereocenters. The summed E-state index contributed by atoms with van der Waals surface area (Å²) in [5.41, 5.74) is 4.41. The van der Waals surface area contributed by atoms with Gasteiger partial charge in [-0.25, -0.2) is 9.31 Å². The molecule has 1 amide bonds. The predicted octanol–water partition coefficient (Wildman–Crippen LogP) is 5.16. The van der Waals surface area contributed by atoms with Crippen LogP contribution in [0.3, 0.4) is 0 Å². The van der Waals surface area contributed by atoms with Crippen LogP contribution in [0.15, 0.2) is 55.0 Å². The Morgan fingerprint density at radius 1 is 1.09 bits per heavy atom. The van der Waals surface area contributed by atoms with Gasteiger partial charge in [0.25, 0.3) is 0 Å². The number of aryl methyl sites for hydroxylation is 1. The molecule has 0 bridgehead atoms. The van der Waals surface area contributed by atoms with Gasteiger partial charge in [0.15, 0.2) is 5.65 Å². The van der Waals surface area contributed by atoms with Crippen LogP contribution in [0, 0.1) is 12.8 Å². The van der Waals surface area contributed by atoms with Gasteiger partial charge in [-0.3, -0.25) is 4.68 Å². The summed E-state index contributed by atoms with van der Waals surface area (Å²) in [6, 6.07) is 12.7. The number of hydrogen-bond donors (Lipinski definition) is 2. The topological polar surface area (TPSA) is 113 Å². The molecule has 0 aliphatic carbocycles. The Hall–Kier alpha value is -4.12. The van der Waals surface area contributed by atoms with Crippen molar-refractivity contribution in [1.29, 1.82) is 0 Å². The maximum absolute atomic E-state index is 12.4. The van der Waals surface area contributed by atoms with Crippen molar-refractivity contribution in [1.82, 2.24) is 29.3 Å². The van der Waals surface area contributed by atoms with Gasteiger partial charge in [0, 0.05) is 50.5 Å². The first-order valence-electron chi connectivity index (χ1n) is 15.7. The fraction of sp³-hybridized carbons (Fsp3) is 0.515. The predicted molar refractivity (Wildman–Crippen MR) is 170 cm³/mol. The average molecular weight is 601 g/mol. The second-order valence-electron chi connectivity index (χ2n) is 13.4. The number of carbonyl (C=O) groups is 1. The van der Waals surface area contributed by atoms with E-state index >= 15 is 0 Å². The number of aliphatic hydroxyl groups is 1. The van der Waals surface area contributed by atoms with E-state index in [0.29, 0.717) is 25.0 Å². The molecule has 11 heteroatoms. The number of nitrogens with one attached hydrogen (secondary N) is 1. The molecule has 0 radical (unpaired) electrons. The van der Waals surface area contributed by atoms with Gasteiger partial charge >= 0.3 is 6.09 Å². The van der Waals surface area contributed by atoms with E-state index in [4.69, 9.17) is 9.72 Å². The summed E-state index contributed by atoms with van der Waals surface area (Å²) in [4.78, 5) is 21.4. The fourth-order valence-corrected chi connectivity index (χ4v) is 6.36. The molecule has 2 aliphatic rings. The lowest BCUT2D eigenvalue weighted by Gasteiger charge is -2.42. The van der Waals surface area contributed by atoms with Crippen molar-refractivity contribution in [2.45, 2.75) is 70.9 Å². The number of carbonyl (C=O) groups excluding carboxylic acids is 1. The number of hydrogen-bond acceptors (Lipinski definition) is 8. The van der Waals surface area contributed by atoms with Gasteiger partial charge in [0.1, 0.15) is 5.60 Å². The van der Waals surface area contributed by atoms with Crippen molar-refractivity contribution in [3.8, 4) is 0 Å². The number of benzene rings is 1. The Labute approximate surface area is 258 Å². The molecule has 5 heterocycles. The van der Waals surface area contributed by atoms with Gasteiger partial charge in [0.05, 0.1) is 24.2 Å². The number of nitrogens with zero attached hydrogens (tertiary/aromatic N) is 7. The summed E-state index contributed by atoms with van der Waals surface area (Å²) in [6.45, 7) is 11.8. The Kier molecular flexibility index (Phi) is 8.24. The van der Waals surface area contributed by atoms with Crippen LogP contribution in [0.1, 0.15) is 57.6 Å². The molecule has 2 aliphatic heterocycles. The van der Waals surface area contributed by atoms with Crippen molar-refractivity contribution in [2.24, 2.45) is 5.92 Å². The molecule has 2 fully saturated rings. The Morgan fingerprint density at radius 2 is 1.82 bits per heavy atom. The highest BCUT2D eigenvalue weighted by molar-refractivity contribution is 5.71. The third-order valence-corrected chi connectivity index (χ3v) is 8.97. The minimum Gasteiger partial charge on any atom is -0.444 e. The molecule has 44 heavy (non-hydrogen) atoms. The van der Waals surface area contributed by atoms with E-state index in [9.17, 15) is 9.90 Å². The number of piperidine rings is 2. The zero-order chi connectivity index (χ0) is 30.9. The molecule has 0 saturated carbocycles. The number of rotatable bonds is 7. The Morgan fingerprint density at radius 3 is 2.50 bits per heavy atom. The molecule has 11 nitrogen and oxygen atoms in total. The largest absolute Gasteiger partial charge is 0.444 e. The van der Waals surface area contributed by atoms with Crippen molar-refractivity contribution in [2.75, 3.05) is 43.0 Å². The number of pyridine rings is 1. The first kappa shape index (κ1) is 29.9. The minimum atomic E-state index is -0.480.